The number of nitrogens with one attached hydrogen (secondary N) is 1. The van der Waals surface area contributed by atoms with Gasteiger partial charge < -0.3 is 24.3 Å². The molecule has 168 valence electrons. The second kappa shape index (κ2) is 10.7. The average molecular weight is 428 g/mol. The minimum atomic E-state index is -0.564. The molecule has 1 aliphatic heterocycles. The number of fused-ring (bicyclic) bond motifs is 2. The van der Waals surface area contributed by atoms with Gasteiger partial charge in [-0.05, 0) is 52.3 Å². The molecule has 1 unspecified atom stereocenters. The summed E-state index contributed by atoms with van der Waals surface area (Å²) in [7, 11) is 0. The van der Waals surface area contributed by atoms with E-state index in [4.69, 9.17) is 18.9 Å². The number of aromatic nitrogens is 2. The van der Waals surface area contributed by atoms with Crippen molar-refractivity contribution in [3.63, 3.8) is 0 Å². The van der Waals surface area contributed by atoms with E-state index in [1.165, 1.54) is 0 Å². The van der Waals surface area contributed by atoms with Crippen molar-refractivity contribution in [2.45, 2.75) is 45.8 Å². The first-order valence-corrected chi connectivity index (χ1v) is 10.7. The highest BCUT2D eigenvalue weighted by molar-refractivity contribution is 5.91. The SMILES string of the molecule is C=C/C=C(\C)Nc1ncnc2cc3c(cc12)OCCOCCOC(C)CCOC3(C)C. The van der Waals surface area contributed by atoms with E-state index >= 15 is 0 Å². The maximum absolute atomic E-state index is 6.28. The second-order valence-corrected chi connectivity index (χ2v) is 8.09. The number of rotatable bonds is 3. The Morgan fingerprint density at radius 3 is 2.77 bits per heavy atom. The van der Waals surface area contributed by atoms with Gasteiger partial charge in [-0.3, -0.25) is 0 Å². The van der Waals surface area contributed by atoms with E-state index in [1.54, 1.807) is 12.4 Å². The lowest BCUT2D eigenvalue weighted by molar-refractivity contribution is -0.0535. The second-order valence-electron chi connectivity index (χ2n) is 8.09. The van der Waals surface area contributed by atoms with Crippen LogP contribution in [0.25, 0.3) is 10.9 Å². The van der Waals surface area contributed by atoms with Crippen LogP contribution in [-0.4, -0.2) is 49.1 Å². The summed E-state index contributed by atoms with van der Waals surface area (Å²) >= 11 is 0. The number of hydrogen-bond acceptors (Lipinski definition) is 7. The molecule has 0 saturated carbocycles. The zero-order chi connectivity index (χ0) is 22.3. The summed E-state index contributed by atoms with van der Waals surface area (Å²) < 4.78 is 23.8. The molecule has 0 aliphatic carbocycles. The normalized spacial score (nSPS) is 20.9. The quantitative estimate of drug-likeness (QED) is 0.718. The number of hydrogen-bond donors (Lipinski definition) is 1. The van der Waals surface area contributed by atoms with E-state index in [2.05, 4.69) is 28.8 Å². The van der Waals surface area contributed by atoms with Crippen LogP contribution in [0, 0.1) is 0 Å². The summed E-state index contributed by atoms with van der Waals surface area (Å²) in [6.45, 7) is 14.5. The highest BCUT2D eigenvalue weighted by atomic mass is 16.5. The van der Waals surface area contributed by atoms with Crippen molar-refractivity contribution in [3.05, 3.63) is 48.5 Å². The summed E-state index contributed by atoms with van der Waals surface area (Å²) in [5.74, 6) is 1.46. The van der Waals surface area contributed by atoms with Gasteiger partial charge >= 0.3 is 0 Å². The van der Waals surface area contributed by atoms with Crippen LogP contribution in [0.1, 0.15) is 39.7 Å². The molecule has 2 aromatic rings. The Kier molecular flexibility index (Phi) is 8.01. The molecule has 0 amide bonds. The molecule has 0 radical (unpaired) electrons. The van der Waals surface area contributed by atoms with Crippen LogP contribution in [0.3, 0.4) is 0 Å². The molecule has 2 heterocycles. The predicted octanol–water partition coefficient (Wildman–Crippen LogP) is 4.59. The van der Waals surface area contributed by atoms with Crippen molar-refractivity contribution >= 4 is 16.7 Å². The van der Waals surface area contributed by atoms with Gasteiger partial charge in [0.2, 0.25) is 0 Å². The number of allylic oxidation sites excluding steroid dienone is 3. The van der Waals surface area contributed by atoms with Gasteiger partial charge in [-0.2, -0.15) is 0 Å². The third kappa shape index (κ3) is 6.26. The fraction of sp³-hybridized carbons (Fsp3) is 0.500. The van der Waals surface area contributed by atoms with Crippen LogP contribution in [0.4, 0.5) is 5.82 Å². The summed E-state index contributed by atoms with van der Waals surface area (Å²) in [5.41, 5.74) is 2.13. The molecule has 1 aromatic carbocycles. The third-order valence-electron chi connectivity index (χ3n) is 5.17. The Morgan fingerprint density at radius 2 is 1.97 bits per heavy atom. The van der Waals surface area contributed by atoms with Crippen LogP contribution in [0.5, 0.6) is 5.75 Å². The Morgan fingerprint density at radius 1 is 1.16 bits per heavy atom. The Balaban J connectivity index is 2.00. The lowest BCUT2D eigenvalue weighted by Gasteiger charge is -2.29. The van der Waals surface area contributed by atoms with Gasteiger partial charge in [-0.25, -0.2) is 9.97 Å². The maximum atomic E-state index is 6.28. The largest absolute Gasteiger partial charge is 0.491 e. The third-order valence-corrected chi connectivity index (χ3v) is 5.17. The van der Waals surface area contributed by atoms with Crippen molar-refractivity contribution in [3.8, 4) is 5.75 Å². The molecule has 31 heavy (non-hydrogen) atoms. The zero-order valence-corrected chi connectivity index (χ0v) is 18.9. The van der Waals surface area contributed by atoms with E-state index in [-0.39, 0.29) is 6.10 Å². The van der Waals surface area contributed by atoms with Crippen LogP contribution in [0.2, 0.25) is 0 Å². The molecule has 7 heteroatoms. The zero-order valence-electron chi connectivity index (χ0n) is 18.9. The molecular weight excluding hydrogens is 394 g/mol. The molecule has 3 rings (SSSR count). The van der Waals surface area contributed by atoms with Crippen LogP contribution in [0.15, 0.2) is 42.9 Å². The van der Waals surface area contributed by atoms with Gasteiger partial charge in [-0.15, -0.1) is 0 Å². The van der Waals surface area contributed by atoms with E-state index in [0.717, 1.165) is 34.3 Å². The Bertz CT molecular complexity index is 926. The fourth-order valence-electron chi connectivity index (χ4n) is 3.44. The Hall–Kier alpha value is -2.48. The minimum absolute atomic E-state index is 0.114. The number of anilines is 1. The first-order chi connectivity index (χ1) is 14.9. The highest BCUT2D eigenvalue weighted by Gasteiger charge is 2.27. The molecule has 1 aromatic heterocycles. The maximum Gasteiger partial charge on any atom is 0.141 e. The predicted molar refractivity (Wildman–Crippen MR) is 122 cm³/mol. The van der Waals surface area contributed by atoms with Crippen LogP contribution >= 0.6 is 0 Å². The first-order valence-electron chi connectivity index (χ1n) is 10.7. The summed E-state index contributed by atoms with van der Waals surface area (Å²) in [4.78, 5) is 8.92. The molecule has 1 N–H and O–H groups in total. The Labute approximate surface area is 184 Å². The number of ether oxygens (including phenoxy) is 4. The molecule has 0 bridgehead atoms. The van der Waals surface area contributed by atoms with E-state index in [9.17, 15) is 0 Å². The van der Waals surface area contributed by atoms with Gasteiger partial charge in [0.05, 0.1) is 43.6 Å². The van der Waals surface area contributed by atoms with Crippen LogP contribution < -0.4 is 10.1 Å². The van der Waals surface area contributed by atoms with Gasteiger partial charge in [0, 0.05) is 16.6 Å². The van der Waals surface area contributed by atoms with Crippen molar-refractivity contribution < 1.29 is 18.9 Å². The molecule has 0 fully saturated rings. The lowest BCUT2D eigenvalue weighted by atomic mass is 9.95. The molecule has 0 spiro atoms. The van der Waals surface area contributed by atoms with Gasteiger partial charge in [0.15, 0.2) is 0 Å². The molecule has 7 nitrogen and oxygen atoms in total. The van der Waals surface area contributed by atoms with Crippen molar-refractivity contribution in [2.24, 2.45) is 0 Å². The van der Waals surface area contributed by atoms with Crippen molar-refractivity contribution in [1.29, 1.82) is 0 Å². The standard InChI is InChI=1S/C24H33N3O4/c1-6-7-17(2)27-23-19-14-22-20(15-21(19)25-16-26-23)24(4,5)31-9-8-18(3)29-12-10-28-11-13-30-22/h6-7,14-16,18H,1,8-13H2,2-5H3,(H,25,26,27)/b17-7+. The lowest BCUT2D eigenvalue weighted by Crippen LogP contribution is -2.26. The topological polar surface area (TPSA) is 74.7 Å². The number of nitrogens with zero attached hydrogens (tertiary/aromatic N) is 2. The van der Waals surface area contributed by atoms with E-state index < -0.39 is 5.60 Å². The first kappa shape index (κ1) is 23.2. The average Bonchev–Trinajstić information content (AvgIpc) is 2.72. The van der Waals surface area contributed by atoms with Gasteiger partial charge in [0.1, 0.15) is 24.5 Å². The minimum Gasteiger partial charge on any atom is -0.491 e. The molecule has 1 atom stereocenters. The van der Waals surface area contributed by atoms with Crippen molar-refractivity contribution in [2.75, 3.05) is 38.4 Å². The van der Waals surface area contributed by atoms with Crippen LogP contribution in [-0.2, 0) is 19.8 Å². The van der Waals surface area contributed by atoms with Gasteiger partial charge in [-0.1, -0.05) is 12.7 Å². The summed E-state index contributed by atoms with van der Waals surface area (Å²) in [6.07, 6.45) is 6.10. The van der Waals surface area contributed by atoms with E-state index in [1.807, 2.05) is 39.0 Å². The van der Waals surface area contributed by atoms with Crippen molar-refractivity contribution in [1.82, 2.24) is 9.97 Å². The fourth-order valence-corrected chi connectivity index (χ4v) is 3.44. The van der Waals surface area contributed by atoms with Gasteiger partial charge in [0.25, 0.3) is 0 Å². The van der Waals surface area contributed by atoms with E-state index in [0.29, 0.717) is 38.9 Å². The molecular formula is C24H33N3O4. The summed E-state index contributed by atoms with van der Waals surface area (Å²) in [6, 6.07) is 4.01. The smallest absolute Gasteiger partial charge is 0.141 e. The number of benzene rings is 1. The highest BCUT2D eigenvalue weighted by Crippen LogP contribution is 2.37. The monoisotopic (exact) mass is 427 g/mol. The summed E-state index contributed by atoms with van der Waals surface area (Å²) in [5, 5.41) is 4.19. The molecule has 0 saturated heterocycles. The molecule has 1 aliphatic rings.